The van der Waals surface area contributed by atoms with Crippen LogP contribution in [0.4, 0.5) is 4.39 Å². The van der Waals surface area contributed by atoms with Crippen molar-refractivity contribution in [1.82, 2.24) is 4.98 Å². The molecule has 0 spiro atoms. The van der Waals surface area contributed by atoms with Gasteiger partial charge in [0.25, 0.3) is 0 Å². The number of aromatic nitrogens is 1. The van der Waals surface area contributed by atoms with Gasteiger partial charge in [-0.1, -0.05) is 29.3 Å². The van der Waals surface area contributed by atoms with Gasteiger partial charge in [0.2, 0.25) is 0 Å². The first-order chi connectivity index (χ1) is 12.4. The Bertz CT molecular complexity index is 846. The van der Waals surface area contributed by atoms with Gasteiger partial charge in [-0.25, -0.2) is 4.39 Å². The van der Waals surface area contributed by atoms with Gasteiger partial charge in [0.15, 0.2) is 11.5 Å². The van der Waals surface area contributed by atoms with Gasteiger partial charge in [-0.3, -0.25) is 9.78 Å². The Morgan fingerprint density at radius 2 is 2.15 bits per heavy atom. The van der Waals surface area contributed by atoms with E-state index in [4.69, 9.17) is 23.2 Å². The maximum absolute atomic E-state index is 15.6. The highest BCUT2D eigenvalue weighted by Gasteiger charge is 2.45. The highest BCUT2D eigenvalue weighted by atomic mass is 35.5. The van der Waals surface area contributed by atoms with Crippen LogP contribution < -0.4 is 0 Å². The van der Waals surface area contributed by atoms with Crippen molar-refractivity contribution in [1.29, 1.82) is 0 Å². The Balaban J connectivity index is 1.85. The highest BCUT2D eigenvalue weighted by molar-refractivity contribution is 6.35. The third-order valence-corrected chi connectivity index (χ3v) is 5.37. The molecule has 0 unspecified atom stereocenters. The lowest BCUT2D eigenvalue weighted by Crippen LogP contribution is -2.37. The fourth-order valence-electron chi connectivity index (χ4n) is 3.43. The van der Waals surface area contributed by atoms with E-state index in [1.165, 1.54) is 18.3 Å². The van der Waals surface area contributed by atoms with Crippen molar-refractivity contribution in [3.05, 3.63) is 62.9 Å². The lowest BCUT2D eigenvalue weighted by atomic mass is 9.77. The molecule has 0 bridgehead atoms. The van der Waals surface area contributed by atoms with Gasteiger partial charge >= 0.3 is 0 Å². The molecule has 0 aliphatic heterocycles. The number of carbonyl (C=O) groups excluding carboxylic acids is 1. The number of fused-ring (bicyclic) bond motifs is 1. The van der Waals surface area contributed by atoms with Crippen molar-refractivity contribution in [3.8, 4) is 0 Å². The van der Waals surface area contributed by atoms with Crippen LogP contribution in [0, 0.1) is 0 Å². The predicted octanol–water partition coefficient (Wildman–Crippen LogP) is 4.07. The van der Waals surface area contributed by atoms with Crippen LogP contribution in [-0.4, -0.2) is 21.0 Å². The Labute approximate surface area is 160 Å². The number of benzene rings is 1. The number of hydrogen-bond donors (Lipinski definition) is 2. The maximum atomic E-state index is 15.6. The van der Waals surface area contributed by atoms with E-state index < -0.39 is 17.6 Å². The number of pyridine rings is 1. The summed E-state index contributed by atoms with van der Waals surface area (Å²) in [6, 6.07) is 6.16. The standard InChI is InChI=1S/C19H18Cl2FNO3/c20-12-8-11(10-24)13(15(21)9-12)3-4-17(26)19(22)6-5-16(25)18-14(19)2-1-7-23-18/h1-2,7-9,16,24-25H,3-6,10H2/t16-,19-/m0/s1. The number of aliphatic hydroxyl groups excluding tert-OH is 2. The molecule has 1 aromatic carbocycles. The summed E-state index contributed by atoms with van der Waals surface area (Å²) in [4.78, 5) is 16.8. The predicted molar refractivity (Wildman–Crippen MR) is 96.9 cm³/mol. The normalized spacial score (nSPS) is 22.1. The second kappa shape index (κ2) is 7.61. The molecule has 2 atom stereocenters. The minimum atomic E-state index is -2.18. The molecule has 0 radical (unpaired) electrons. The van der Waals surface area contributed by atoms with Crippen LogP contribution >= 0.6 is 23.2 Å². The molecule has 1 aromatic heterocycles. The van der Waals surface area contributed by atoms with Crippen LogP contribution in [0.3, 0.4) is 0 Å². The minimum Gasteiger partial charge on any atom is -0.392 e. The summed E-state index contributed by atoms with van der Waals surface area (Å²) >= 11 is 12.1. The fourth-order valence-corrected chi connectivity index (χ4v) is 4.06. The minimum absolute atomic E-state index is 0.0880. The third kappa shape index (κ3) is 3.49. The Kier molecular flexibility index (Phi) is 5.63. The van der Waals surface area contributed by atoms with Crippen molar-refractivity contribution >= 4 is 29.0 Å². The average Bonchev–Trinajstić information content (AvgIpc) is 2.63. The molecule has 3 rings (SSSR count). The number of nitrogens with zero attached hydrogens (tertiary/aromatic N) is 1. The van der Waals surface area contributed by atoms with Crippen LogP contribution in [0.25, 0.3) is 0 Å². The zero-order chi connectivity index (χ0) is 18.9. The number of rotatable bonds is 5. The van der Waals surface area contributed by atoms with Gasteiger partial charge in [0.05, 0.1) is 18.4 Å². The number of alkyl halides is 1. The molecular weight excluding hydrogens is 380 g/mol. The van der Waals surface area contributed by atoms with E-state index in [0.717, 1.165) is 0 Å². The molecule has 1 heterocycles. The van der Waals surface area contributed by atoms with E-state index in [0.29, 0.717) is 21.2 Å². The van der Waals surface area contributed by atoms with Gasteiger partial charge in [-0.05, 0) is 48.6 Å². The number of halogens is 3. The zero-order valence-electron chi connectivity index (χ0n) is 13.9. The first kappa shape index (κ1) is 19.2. The molecule has 0 saturated carbocycles. The number of carbonyl (C=O) groups is 1. The van der Waals surface area contributed by atoms with E-state index >= 15 is 4.39 Å². The number of ketones is 1. The zero-order valence-corrected chi connectivity index (χ0v) is 15.4. The number of hydrogen-bond acceptors (Lipinski definition) is 4. The highest BCUT2D eigenvalue weighted by Crippen LogP contribution is 2.43. The monoisotopic (exact) mass is 397 g/mol. The molecule has 0 fully saturated rings. The second-order valence-corrected chi connectivity index (χ2v) is 7.24. The molecule has 26 heavy (non-hydrogen) atoms. The Morgan fingerprint density at radius 3 is 2.88 bits per heavy atom. The molecule has 1 aliphatic carbocycles. The van der Waals surface area contributed by atoms with Gasteiger partial charge in [-0.2, -0.15) is 0 Å². The summed E-state index contributed by atoms with van der Waals surface area (Å²) in [5.74, 6) is -0.589. The first-order valence-electron chi connectivity index (χ1n) is 8.30. The SMILES string of the molecule is O=C(CCc1c(Cl)cc(Cl)cc1CO)[C@]1(F)CC[C@H](O)c2ncccc21. The first-order valence-corrected chi connectivity index (χ1v) is 9.05. The molecule has 2 aromatic rings. The molecule has 0 saturated heterocycles. The Morgan fingerprint density at radius 1 is 1.38 bits per heavy atom. The molecule has 1 aliphatic rings. The van der Waals surface area contributed by atoms with E-state index in [1.54, 1.807) is 12.1 Å². The van der Waals surface area contributed by atoms with E-state index in [1.807, 2.05) is 0 Å². The van der Waals surface area contributed by atoms with Crippen molar-refractivity contribution in [2.24, 2.45) is 0 Å². The summed E-state index contributed by atoms with van der Waals surface area (Å²) in [6.07, 6.45) is 0.751. The van der Waals surface area contributed by atoms with Crippen molar-refractivity contribution in [2.75, 3.05) is 0 Å². The molecule has 2 N–H and O–H groups in total. The van der Waals surface area contributed by atoms with Crippen LogP contribution in [0.2, 0.25) is 10.0 Å². The fraction of sp³-hybridized carbons (Fsp3) is 0.368. The van der Waals surface area contributed by atoms with E-state index in [-0.39, 0.29) is 43.5 Å². The van der Waals surface area contributed by atoms with Gasteiger partial charge in [0.1, 0.15) is 0 Å². The molecular formula is C19H18Cl2FNO3. The average molecular weight is 398 g/mol. The molecule has 4 nitrogen and oxygen atoms in total. The van der Waals surface area contributed by atoms with Crippen molar-refractivity contribution < 1.29 is 19.4 Å². The Hall–Kier alpha value is -1.53. The topological polar surface area (TPSA) is 70.4 Å². The van der Waals surface area contributed by atoms with Crippen LogP contribution in [0.15, 0.2) is 30.5 Å². The molecule has 7 heteroatoms. The van der Waals surface area contributed by atoms with Gasteiger partial charge in [-0.15, -0.1) is 0 Å². The maximum Gasteiger partial charge on any atom is 0.195 e. The van der Waals surface area contributed by atoms with Gasteiger partial charge < -0.3 is 10.2 Å². The quantitative estimate of drug-likeness (QED) is 0.797. The molecule has 0 amide bonds. The van der Waals surface area contributed by atoms with E-state index in [9.17, 15) is 15.0 Å². The second-order valence-electron chi connectivity index (χ2n) is 6.40. The number of aliphatic hydroxyl groups is 2. The van der Waals surface area contributed by atoms with Crippen LogP contribution in [0.5, 0.6) is 0 Å². The summed E-state index contributed by atoms with van der Waals surface area (Å²) in [5, 5.41) is 20.2. The summed E-state index contributed by atoms with van der Waals surface area (Å²) in [6.45, 7) is -0.274. The largest absolute Gasteiger partial charge is 0.392 e. The lowest BCUT2D eigenvalue weighted by molar-refractivity contribution is -0.133. The van der Waals surface area contributed by atoms with E-state index in [2.05, 4.69) is 4.98 Å². The molecule has 138 valence electrons. The smallest absolute Gasteiger partial charge is 0.195 e. The third-order valence-electron chi connectivity index (χ3n) is 4.81. The lowest BCUT2D eigenvalue weighted by Gasteiger charge is -2.32. The summed E-state index contributed by atoms with van der Waals surface area (Å²) < 4.78 is 15.6. The van der Waals surface area contributed by atoms with Crippen molar-refractivity contribution in [2.45, 2.75) is 44.1 Å². The van der Waals surface area contributed by atoms with Crippen LogP contribution in [0.1, 0.15) is 47.8 Å². The van der Waals surface area contributed by atoms with Gasteiger partial charge in [0, 0.05) is 28.2 Å². The summed E-state index contributed by atoms with van der Waals surface area (Å²) in [7, 11) is 0. The van der Waals surface area contributed by atoms with Crippen molar-refractivity contribution in [3.63, 3.8) is 0 Å². The van der Waals surface area contributed by atoms with Crippen LogP contribution in [-0.2, 0) is 23.5 Å². The number of Topliss-reactive ketones (excluding diaryl/α,β-unsaturated/α-hetero) is 1. The summed E-state index contributed by atoms with van der Waals surface area (Å²) in [5.41, 5.74) is -0.730.